The van der Waals surface area contributed by atoms with E-state index in [1.54, 1.807) is 11.8 Å². The van der Waals surface area contributed by atoms with E-state index in [0.29, 0.717) is 11.0 Å². The molecule has 0 unspecified atom stereocenters. The van der Waals surface area contributed by atoms with Crippen molar-refractivity contribution in [1.29, 1.82) is 0 Å². The second-order valence-electron chi connectivity index (χ2n) is 3.00. The first-order valence-corrected chi connectivity index (χ1v) is 6.89. The number of thiophene rings is 1. The van der Waals surface area contributed by atoms with E-state index in [1.165, 1.54) is 11.3 Å². The average molecular weight is 293 g/mol. The number of ether oxygens (including phenoxy) is 1. The summed E-state index contributed by atoms with van der Waals surface area (Å²) in [6.07, 6.45) is 0. The zero-order valence-electron chi connectivity index (χ0n) is 7.36. The van der Waals surface area contributed by atoms with Crippen LogP contribution in [0.25, 0.3) is 0 Å². The number of Topliss-reactive ketones (excluding diaryl/α,β-unsaturated/α-hetero) is 1. The number of thioether (sulfide) groups is 1. The van der Waals surface area contributed by atoms with Gasteiger partial charge in [0.25, 0.3) is 0 Å². The minimum Gasteiger partial charge on any atom is -0.379 e. The van der Waals surface area contributed by atoms with E-state index in [4.69, 9.17) is 4.74 Å². The minimum absolute atomic E-state index is 0.220. The summed E-state index contributed by atoms with van der Waals surface area (Å²) in [6.45, 7) is 1.60. The Bertz CT molecular complexity index is 333. The number of halogens is 1. The summed E-state index contributed by atoms with van der Waals surface area (Å²) in [4.78, 5) is 12.5. The van der Waals surface area contributed by atoms with Gasteiger partial charge in [-0.3, -0.25) is 4.79 Å². The van der Waals surface area contributed by atoms with E-state index in [9.17, 15) is 4.79 Å². The van der Waals surface area contributed by atoms with Gasteiger partial charge in [0.05, 0.1) is 32.9 Å². The molecule has 0 atom stereocenters. The third-order valence-corrected chi connectivity index (χ3v) is 4.74. The Hall–Kier alpha value is 0.160. The van der Waals surface area contributed by atoms with E-state index in [-0.39, 0.29) is 5.78 Å². The molecule has 1 fully saturated rings. The Kier molecular flexibility index (Phi) is 3.65. The van der Waals surface area contributed by atoms with Crippen molar-refractivity contribution in [2.75, 3.05) is 19.0 Å². The maximum absolute atomic E-state index is 11.6. The van der Waals surface area contributed by atoms with Gasteiger partial charge in [0.15, 0.2) is 5.78 Å². The molecule has 0 saturated carbocycles. The van der Waals surface area contributed by atoms with Crippen molar-refractivity contribution >= 4 is 44.8 Å². The lowest BCUT2D eigenvalue weighted by atomic mass is 10.3. The molecule has 0 radical (unpaired) electrons. The number of carbonyl (C=O) groups excluding carboxylic acids is 1. The largest absolute Gasteiger partial charge is 0.379 e. The van der Waals surface area contributed by atoms with Gasteiger partial charge in [-0.2, -0.15) is 0 Å². The first-order chi connectivity index (χ1) is 6.75. The van der Waals surface area contributed by atoms with Crippen molar-refractivity contribution in [2.24, 2.45) is 0 Å². The second-order valence-corrected chi connectivity index (χ2v) is 6.75. The van der Waals surface area contributed by atoms with Gasteiger partial charge >= 0.3 is 0 Å². The lowest BCUT2D eigenvalue weighted by Crippen LogP contribution is -2.31. The Morgan fingerprint density at radius 2 is 2.43 bits per heavy atom. The molecule has 0 aromatic carbocycles. The summed E-state index contributed by atoms with van der Waals surface area (Å²) < 4.78 is 6.05. The highest BCUT2D eigenvalue weighted by molar-refractivity contribution is 9.11. The van der Waals surface area contributed by atoms with Crippen LogP contribution in [0.3, 0.4) is 0 Å². The van der Waals surface area contributed by atoms with Crippen LogP contribution in [0.4, 0.5) is 0 Å². The maximum atomic E-state index is 11.6. The molecule has 0 aliphatic carbocycles. The third-order valence-electron chi connectivity index (χ3n) is 1.91. The van der Waals surface area contributed by atoms with Crippen LogP contribution in [0, 0.1) is 0 Å². The van der Waals surface area contributed by atoms with E-state index in [2.05, 4.69) is 15.9 Å². The van der Waals surface area contributed by atoms with Crippen LogP contribution in [-0.4, -0.2) is 30.0 Å². The molecule has 1 saturated heterocycles. The van der Waals surface area contributed by atoms with Gasteiger partial charge < -0.3 is 4.74 Å². The summed E-state index contributed by atoms with van der Waals surface area (Å²) in [6, 6.07) is 3.78. The van der Waals surface area contributed by atoms with E-state index in [0.717, 1.165) is 21.9 Å². The monoisotopic (exact) mass is 292 g/mol. The predicted molar refractivity (Wildman–Crippen MR) is 63.4 cm³/mol. The lowest BCUT2D eigenvalue weighted by Gasteiger charge is -2.24. The van der Waals surface area contributed by atoms with Crippen LogP contribution in [0.1, 0.15) is 9.67 Å². The van der Waals surface area contributed by atoms with Crippen LogP contribution in [-0.2, 0) is 4.74 Å². The first kappa shape index (κ1) is 10.7. The molecule has 0 spiro atoms. The van der Waals surface area contributed by atoms with E-state index >= 15 is 0 Å². The number of carbonyl (C=O) groups is 1. The second kappa shape index (κ2) is 4.79. The molecule has 2 heterocycles. The topological polar surface area (TPSA) is 26.3 Å². The van der Waals surface area contributed by atoms with Crippen LogP contribution in [0.2, 0.25) is 0 Å². The number of rotatable bonds is 4. The van der Waals surface area contributed by atoms with Crippen molar-refractivity contribution in [3.05, 3.63) is 20.8 Å². The Labute approximate surface area is 99.2 Å². The SMILES string of the molecule is O=C(CSC1COC1)c1ccc(Br)s1. The van der Waals surface area contributed by atoms with Crippen molar-refractivity contribution in [3.8, 4) is 0 Å². The van der Waals surface area contributed by atoms with E-state index < -0.39 is 0 Å². The first-order valence-electron chi connectivity index (χ1n) is 4.23. The third kappa shape index (κ3) is 2.59. The van der Waals surface area contributed by atoms with Gasteiger partial charge in [0.2, 0.25) is 0 Å². The molecule has 1 aliphatic heterocycles. The predicted octanol–water partition coefficient (Wildman–Crippen LogP) is 2.83. The van der Waals surface area contributed by atoms with Crippen LogP contribution in [0.15, 0.2) is 15.9 Å². The molecule has 0 N–H and O–H groups in total. The van der Waals surface area contributed by atoms with Gasteiger partial charge in [-0.15, -0.1) is 23.1 Å². The molecule has 1 aromatic rings. The van der Waals surface area contributed by atoms with Crippen LogP contribution in [0.5, 0.6) is 0 Å². The standard InChI is InChI=1S/C9H9BrO2S2/c10-9-2-1-8(14-9)7(11)5-13-6-3-12-4-6/h1-2,6H,3-5H2. The van der Waals surface area contributed by atoms with Gasteiger partial charge in [-0.1, -0.05) is 0 Å². The van der Waals surface area contributed by atoms with Crippen LogP contribution < -0.4 is 0 Å². The minimum atomic E-state index is 0.220. The smallest absolute Gasteiger partial charge is 0.182 e. The normalized spacial score (nSPS) is 16.6. The molecule has 76 valence electrons. The number of hydrogen-bond acceptors (Lipinski definition) is 4. The molecule has 1 aromatic heterocycles. The average Bonchev–Trinajstić information content (AvgIpc) is 2.49. The highest BCUT2D eigenvalue weighted by Gasteiger charge is 2.20. The van der Waals surface area contributed by atoms with E-state index in [1.807, 2.05) is 12.1 Å². The molecule has 2 nitrogen and oxygen atoms in total. The van der Waals surface area contributed by atoms with Gasteiger partial charge in [-0.25, -0.2) is 0 Å². The summed E-state index contributed by atoms with van der Waals surface area (Å²) in [5, 5.41) is 0.530. The van der Waals surface area contributed by atoms with Gasteiger partial charge in [0, 0.05) is 0 Å². The lowest BCUT2D eigenvalue weighted by molar-refractivity contribution is 0.0455. The Morgan fingerprint density at radius 1 is 1.64 bits per heavy atom. The van der Waals surface area contributed by atoms with Crippen LogP contribution >= 0.6 is 39.0 Å². The molecule has 14 heavy (non-hydrogen) atoms. The van der Waals surface area contributed by atoms with Gasteiger partial charge in [-0.05, 0) is 28.1 Å². The summed E-state index contributed by atoms with van der Waals surface area (Å²) in [5.74, 6) is 0.790. The fourth-order valence-corrected chi connectivity index (χ4v) is 3.38. The molecular formula is C9H9BrO2S2. The molecule has 1 aliphatic rings. The summed E-state index contributed by atoms with van der Waals surface area (Å²) in [7, 11) is 0. The zero-order valence-corrected chi connectivity index (χ0v) is 10.6. The molecular weight excluding hydrogens is 284 g/mol. The van der Waals surface area contributed by atoms with Crippen molar-refractivity contribution < 1.29 is 9.53 Å². The number of hydrogen-bond donors (Lipinski definition) is 0. The Balaban J connectivity index is 1.82. The van der Waals surface area contributed by atoms with Crippen molar-refractivity contribution in [1.82, 2.24) is 0 Å². The number of ketones is 1. The Morgan fingerprint density at radius 3 is 2.93 bits per heavy atom. The fourth-order valence-electron chi connectivity index (χ4n) is 1.04. The highest BCUT2D eigenvalue weighted by Crippen LogP contribution is 2.25. The summed E-state index contributed by atoms with van der Waals surface area (Å²) >= 11 is 6.53. The molecule has 0 amide bonds. The van der Waals surface area contributed by atoms with Crippen molar-refractivity contribution in [2.45, 2.75) is 5.25 Å². The molecule has 5 heteroatoms. The fraction of sp³-hybridized carbons (Fsp3) is 0.444. The molecule has 2 rings (SSSR count). The maximum Gasteiger partial charge on any atom is 0.182 e. The highest BCUT2D eigenvalue weighted by atomic mass is 79.9. The summed E-state index contributed by atoms with van der Waals surface area (Å²) in [5.41, 5.74) is 0. The zero-order chi connectivity index (χ0) is 9.97. The van der Waals surface area contributed by atoms with Crippen molar-refractivity contribution in [3.63, 3.8) is 0 Å². The van der Waals surface area contributed by atoms with Gasteiger partial charge in [0.1, 0.15) is 0 Å². The quantitative estimate of drug-likeness (QED) is 0.799. The molecule has 0 bridgehead atoms.